The molecule has 0 spiro atoms. The number of nitrogens with zero attached hydrogens (tertiary/aromatic N) is 1. The predicted octanol–water partition coefficient (Wildman–Crippen LogP) is 9.38. The van der Waals surface area contributed by atoms with Gasteiger partial charge in [-0.05, 0) is 61.7 Å². The van der Waals surface area contributed by atoms with Crippen LogP contribution in [0.25, 0.3) is 0 Å². The van der Waals surface area contributed by atoms with Gasteiger partial charge in [0.2, 0.25) is 0 Å². The Hall–Kier alpha value is -2.07. The molecule has 32 heavy (non-hydrogen) atoms. The van der Waals surface area contributed by atoms with Crippen molar-refractivity contribution in [2.24, 2.45) is 0 Å². The second-order valence-electron chi connectivity index (χ2n) is 7.33. The van der Waals surface area contributed by atoms with Crippen molar-refractivity contribution in [1.29, 1.82) is 0 Å². The Morgan fingerprint density at radius 2 is 1.16 bits per heavy atom. The summed E-state index contributed by atoms with van der Waals surface area (Å²) < 4.78 is 6.52. The predicted molar refractivity (Wildman–Crippen MR) is 152 cm³/mol. The van der Waals surface area contributed by atoms with Crippen LogP contribution in [-0.2, 0) is 4.18 Å². The Bertz CT molecular complexity index is 717. The molecule has 180 valence electrons. The van der Waals surface area contributed by atoms with Crippen molar-refractivity contribution in [2.75, 3.05) is 21.2 Å². The third-order valence-electron chi connectivity index (χ3n) is 3.84. The molecule has 0 bridgehead atoms. The molecule has 0 aromatic rings. The minimum Gasteiger partial charge on any atom is -0.304 e. The first kappa shape index (κ1) is 34.5. The number of rotatable bonds is 12. The van der Waals surface area contributed by atoms with Crippen LogP contribution in [0, 0.1) is 0 Å². The summed E-state index contributed by atoms with van der Waals surface area (Å²) in [5.41, 5.74) is 6.66. The first-order valence-electron chi connectivity index (χ1n) is 11.0. The maximum Gasteiger partial charge on any atom is 0.0810 e. The molecule has 3 heteroatoms. The molecular weight excluding hydrogens is 410 g/mol. The second kappa shape index (κ2) is 22.1. The molecule has 0 aliphatic heterocycles. The Morgan fingerprint density at radius 3 is 1.47 bits per heavy atom. The minimum atomic E-state index is 0.860. The van der Waals surface area contributed by atoms with E-state index in [0.29, 0.717) is 0 Å². The van der Waals surface area contributed by atoms with E-state index >= 15 is 0 Å². The molecule has 0 heterocycles. The standard InChI is InChI=1S/C23H30.C3H9NOS.C3H8/c1-10-17(3)12-14-19(5)21(7)16-22(8)23(9)20(6)15-13-18(4)11-2;1-4(2)6-5-3;1-3-2/h12-16H,3-7,9-11H2,1-2,8H3;1-3H3;3H2,1-2H3/b14-12-,15-13-,22-16-;;. The van der Waals surface area contributed by atoms with E-state index in [0.717, 1.165) is 51.9 Å². The first-order chi connectivity index (χ1) is 14.9. The largest absolute Gasteiger partial charge is 0.304 e. The summed E-state index contributed by atoms with van der Waals surface area (Å²) in [6.07, 6.45) is 12.9. The van der Waals surface area contributed by atoms with Gasteiger partial charge in [0.1, 0.15) is 0 Å². The highest BCUT2D eigenvalue weighted by molar-refractivity contribution is 7.92. The second-order valence-corrected chi connectivity index (χ2v) is 8.55. The zero-order chi connectivity index (χ0) is 25.7. The maximum absolute atomic E-state index is 4.65. The third kappa shape index (κ3) is 21.2. The van der Waals surface area contributed by atoms with E-state index in [4.69, 9.17) is 0 Å². The molecule has 0 N–H and O–H groups in total. The normalized spacial score (nSPS) is 10.8. The smallest absolute Gasteiger partial charge is 0.0810 e. The van der Waals surface area contributed by atoms with Crippen LogP contribution in [0.4, 0.5) is 0 Å². The minimum absolute atomic E-state index is 0.860. The molecular formula is C29H47NOS. The SMILES string of the molecule is C=C(/C=C\C(=C)C(=C)/C=C(/C)C(=C)C(=C)/C=C\C(=C)CC)CC.CCC.COSN(C)C. The molecule has 0 atom stereocenters. The average molecular weight is 458 g/mol. The van der Waals surface area contributed by atoms with Crippen LogP contribution in [0.15, 0.2) is 109 Å². The van der Waals surface area contributed by atoms with E-state index in [1.165, 1.54) is 18.6 Å². The first-order valence-corrected chi connectivity index (χ1v) is 11.7. The highest BCUT2D eigenvalue weighted by atomic mass is 32.2. The van der Waals surface area contributed by atoms with Gasteiger partial charge in [0, 0.05) is 0 Å². The lowest BCUT2D eigenvalue weighted by atomic mass is 9.97. The molecule has 0 saturated heterocycles. The summed E-state index contributed by atoms with van der Waals surface area (Å²) in [6.45, 7) is 34.6. The van der Waals surface area contributed by atoms with E-state index in [2.05, 4.69) is 71.4 Å². The fourth-order valence-corrected chi connectivity index (χ4v) is 2.02. The van der Waals surface area contributed by atoms with Gasteiger partial charge in [0.15, 0.2) is 0 Å². The summed E-state index contributed by atoms with van der Waals surface area (Å²) in [7, 11) is 5.49. The van der Waals surface area contributed by atoms with Crippen LogP contribution in [0.5, 0.6) is 0 Å². The van der Waals surface area contributed by atoms with Gasteiger partial charge in [-0.2, -0.15) is 0 Å². The molecule has 0 aromatic heterocycles. The zero-order valence-corrected chi connectivity index (χ0v) is 22.8. The Balaban J connectivity index is -0.000000785. The quantitative estimate of drug-likeness (QED) is 0.164. The Kier molecular flexibility index (Phi) is 23.9. The van der Waals surface area contributed by atoms with Crippen molar-refractivity contribution < 1.29 is 4.18 Å². The number of allylic oxidation sites excluding steroid dienone is 12. The van der Waals surface area contributed by atoms with E-state index in [1.54, 1.807) is 7.11 Å². The van der Waals surface area contributed by atoms with Gasteiger partial charge in [-0.15, -0.1) is 0 Å². The van der Waals surface area contributed by atoms with Gasteiger partial charge in [-0.3, -0.25) is 0 Å². The fourth-order valence-electron chi connectivity index (χ4n) is 1.72. The average Bonchev–Trinajstić information content (AvgIpc) is 2.75. The summed E-state index contributed by atoms with van der Waals surface area (Å²) in [5, 5.41) is 0. The molecule has 0 amide bonds. The van der Waals surface area contributed by atoms with Crippen LogP contribution < -0.4 is 0 Å². The van der Waals surface area contributed by atoms with Crippen molar-refractivity contribution in [3.8, 4) is 0 Å². The van der Waals surface area contributed by atoms with Crippen LogP contribution in [0.2, 0.25) is 0 Å². The molecule has 0 aliphatic carbocycles. The van der Waals surface area contributed by atoms with Crippen LogP contribution >= 0.6 is 12.2 Å². The van der Waals surface area contributed by atoms with Gasteiger partial charge in [-0.1, -0.05) is 115 Å². The summed E-state index contributed by atoms with van der Waals surface area (Å²) >= 11 is 1.32. The van der Waals surface area contributed by atoms with E-state index < -0.39 is 0 Å². The molecule has 0 fully saturated rings. The molecule has 0 saturated carbocycles. The monoisotopic (exact) mass is 457 g/mol. The van der Waals surface area contributed by atoms with Crippen molar-refractivity contribution >= 4 is 12.2 Å². The Morgan fingerprint density at radius 1 is 0.750 bits per heavy atom. The van der Waals surface area contributed by atoms with Gasteiger partial charge in [0.05, 0.1) is 19.3 Å². The topological polar surface area (TPSA) is 12.5 Å². The molecule has 0 aliphatic rings. The van der Waals surface area contributed by atoms with Crippen molar-refractivity contribution in [3.63, 3.8) is 0 Å². The fraction of sp³-hybridized carbons (Fsp3) is 0.379. The Labute approximate surface area is 204 Å². The summed E-state index contributed by atoms with van der Waals surface area (Å²) in [5.74, 6) is 0. The van der Waals surface area contributed by atoms with Gasteiger partial charge < -0.3 is 4.18 Å². The van der Waals surface area contributed by atoms with Gasteiger partial charge >= 0.3 is 0 Å². The lowest BCUT2D eigenvalue weighted by molar-refractivity contribution is 0.457. The van der Waals surface area contributed by atoms with Crippen LogP contribution in [-0.4, -0.2) is 25.5 Å². The molecule has 2 nitrogen and oxygen atoms in total. The van der Waals surface area contributed by atoms with E-state index in [1.807, 2.05) is 55.7 Å². The van der Waals surface area contributed by atoms with Crippen molar-refractivity contribution in [1.82, 2.24) is 4.31 Å². The molecule has 0 radical (unpaired) electrons. The summed E-state index contributed by atoms with van der Waals surface area (Å²) in [6, 6.07) is 0. The third-order valence-corrected chi connectivity index (χ3v) is 4.29. The molecule has 0 aromatic carbocycles. The maximum atomic E-state index is 4.65. The molecule has 0 rings (SSSR count). The molecule has 0 unspecified atom stereocenters. The highest BCUT2D eigenvalue weighted by Gasteiger charge is 2.02. The lowest BCUT2D eigenvalue weighted by Gasteiger charge is -2.08. The van der Waals surface area contributed by atoms with Crippen molar-refractivity contribution in [3.05, 3.63) is 109 Å². The van der Waals surface area contributed by atoms with Crippen molar-refractivity contribution in [2.45, 2.75) is 53.9 Å². The lowest BCUT2D eigenvalue weighted by Crippen LogP contribution is -1.98. The zero-order valence-electron chi connectivity index (χ0n) is 22.0. The van der Waals surface area contributed by atoms with Crippen LogP contribution in [0.1, 0.15) is 53.9 Å². The number of hydrogen-bond acceptors (Lipinski definition) is 3. The number of hydrogen-bond donors (Lipinski definition) is 0. The van der Waals surface area contributed by atoms with Gasteiger partial charge in [0.25, 0.3) is 0 Å². The highest BCUT2D eigenvalue weighted by Crippen LogP contribution is 2.21. The van der Waals surface area contributed by atoms with Gasteiger partial charge in [-0.25, -0.2) is 4.31 Å². The summed E-state index contributed by atoms with van der Waals surface area (Å²) in [4.78, 5) is 0. The van der Waals surface area contributed by atoms with E-state index in [-0.39, 0.29) is 0 Å². The van der Waals surface area contributed by atoms with E-state index in [9.17, 15) is 0 Å². The van der Waals surface area contributed by atoms with Crippen LogP contribution in [0.3, 0.4) is 0 Å².